The molecule has 7 heteroatoms. The molecule has 2 saturated heterocycles. The summed E-state index contributed by atoms with van der Waals surface area (Å²) in [5, 5.41) is 3.91. The van der Waals surface area contributed by atoms with Crippen molar-refractivity contribution in [2.24, 2.45) is 5.92 Å². The summed E-state index contributed by atoms with van der Waals surface area (Å²) in [6.07, 6.45) is 2.54. The molecule has 2 fully saturated rings. The molecular formula is C26H31ClN4O2. The average Bonchev–Trinajstić information content (AvgIpc) is 3.41. The zero-order valence-electron chi connectivity index (χ0n) is 19.5. The van der Waals surface area contributed by atoms with Crippen LogP contribution >= 0.6 is 11.6 Å². The van der Waals surface area contributed by atoms with Gasteiger partial charge in [-0.2, -0.15) is 0 Å². The Hall–Kier alpha value is -2.57. The summed E-state index contributed by atoms with van der Waals surface area (Å²) in [5.41, 5.74) is 6.47. The second kappa shape index (κ2) is 8.99. The van der Waals surface area contributed by atoms with Gasteiger partial charge in [0.2, 0.25) is 11.9 Å². The summed E-state index contributed by atoms with van der Waals surface area (Å²) in [7, 11) is 0. The van der Waals surface area contributed by atoms with Crippen LogP contribution < -0.4 is 10.2 Å². The van der Waals surface area contributed by atoms with E-state index in [9.17, 15) is 4.79 Å². The Kier molecular flexibility index (Phi) is 6.06. The third kappa shape index (κ3) is 4.46. The lowest BCUT2D eigenvalue weighted by atomic mass is 9.95. The summed E-state index contributed by atoms with van der Waals surface area (Å²) in [6.45, 7) is 9.20. The molecule has 0 radical (unpaired) electrons. The molecule has 2 aliphatic heterocycles. The largest absolute Gasteiger partial charge is 0.379 e. The number of anilines is 1. The van der Waals surface area contributed by atoms with Crippen LogP contribution in [0.3, 0.4) is 0 Å². The van der Waals surface area contributed by atoms with Crippen molar-refractivity contribution in [2.45, 2.75) is 46.1 Å². The first-order valence-electron chi connectivity index (χ1n) is 11.8. The predicted octanol–water partition coefficient (Wildman–Crippen LogP) is 4.73. The number of benzene rings is 2. The van der Waals surface area contributed by atoms with E-state index in [1.165, 1.54) is 11.1 Å². The highest BCUT2D eigenvalue weighted by atomic mass is 35.5. The molecule has 0 aliphatic carbocycles. The Labute approximate surface area is 199 Å². The molecule has 3 aromatic rings. The normalized spacial score (nSPS) is 19.4. The van der Waals surface area contributed by atoms with Crippen LogP contribution in [-0.4, -0.2) is 47.8 Å². The minimum atomic E-state index is 0.0394. The lowest BCUT2D eigenvalue weighted by Gasteiger charge is -2.33. The highest BCUT2D eigenvalue weighted by molar-refractivity contribution is 6.32. The van der Waals surface area contributed by atoms with Crippen molar-refractivity contribution < 1.29 is 9.53 Å². The van der Waals surface area contributed by atoms with E-state index < -0.39 is 0 Å². The minimum Gasteiger partial charge on any atom is -0.379 e. The third-order valence-corrected chi connectivity index (χ3v) is 7.21. The number of aryl methyl sites for hydroxylation is 3. The summed E-state index contributed by atoms with van der Waals surface area (Å²) in [5.74, 6) is 1.12. The fourth-order valence-corrected chi connectivity index (χ4v) is 5.20. The Balaban J connectivity index is 1.45. The second-order valence-corrected chi connectivity index (χ2v) is 9.92. The molecule has 33 heavy (non-hydrogen) atoms. The number of piperidine rings is 1. The van der Waals surface area contributed by atoms with Crippen molar-refractivity contribution in [2.75, 3.05) is 31.2 Å². The topological polar surface area (TPSA) is 59.4 Å². The molecule has 0 saturated carbocycles. The molecule has 0 bridgehead atoms. The fraction of sp³-hybridized carbons (Fsp3) is 0.462. The molecule has 174 valence electrons. The van der Waals surface area contributed by atoms with Crippen LogP contribution in [0, 0.1) is 26.7 Å². The summed E-state index contributed by atoms with van der Waals surface area (Å²) < 4.78 is 7.61. The molecule has 0 unspecified atom stereocenters. The van der Waals surface area contributed by atoms with E-state index >= 15 is 0 Å². The van der Waals surface area contributed by atoms with Crippen LogP contribution in [0.5, 0.6) is 0 Å². The number of carbonyl (C=O) groups is 1. The number of rotatable bonds is 4. The fourth-order valence-electron chi connectivity index (χ4n) is 5.05. The van der Waals surface area contributed by atoms with E-state index in [4.69, 9.17) is 21.3 Å². The number of imidazole rings is 1. The van der Waals surface area contributed by atoms with Crippen molar-refractivity contribution >= 4 is 34.5 Å². The smallest absolute Gasteiger partial charge is 0.223 e. The molecule has 1 aromatic heterocycles. The number of ether oxygens (including phenoxy) is 1. The lowest BCUT2D eigenvalue weighted by Crippen LogP contribution is -2.44. The molecule has 1 amide bonds. The molecule has 6 nitrogen and oxygen atoms in total. The van der Waals surface area contributed by atoms with Gasteiger partial charge < -0.3 is 15.0 Å². The van der Waals surface area contributed by atoms with Gasteiger partial charge in [0.1, 0.15) is 0 Å². The molecule has 5 rings (SSSR count). The number of nitrogens with one attached hydrogen (secondary N) is 1. The summed E-state index contributed by atoms with van der Waals surface area (Å²) >= 11 is 6.52. The van der Waals surface area contributed by atoms with E-state index in [-0.39, 0.29) is 17.9 Å². The quantitative estimate of drug-likeness (QED) is 0.604. The van der Waals surface area contributed by atoms with E-state index in [1.54, 1.807) is 0 Å². The molecule has 2 aromatic carbocycles. The third-order valence-electron chi connectivity index (χ3n) is 6.81. The second-order valence-electron chi connectivity index (χ2n) is 9.51. The van der Waals surface area contributed by atoms with Crippen molar-refractivity contribution in [3.63, 3.8) is 0 Å². The van der Waals surface area contributed by atoms with E-state index in [2.05, 4.69) is 52.9 Å². The first kappa shape index (κ1) is 22.2. The van der Waals surface area contributed by atoms with Gasteiger partial charge in [0.15, 0.2) is 0 Å². The van der Waals surface area contributed by atoms with Gasteiger partial charge in [0, 0.05) is 36.3 Å². The summed E-state index contributed by atoms with van der Waals surface area (Å²) in [6, 6.07) is 10.8. The van der Waals surface area contributed by atoms with Gasteiger partial charge in [-0.25, -0.2) is 4.98 Å². The van der Waals surface area contributed by atoms with Gasteiger partial charge in [-0.15, -0.1) is 0 Å². The van der Waals surface area contributed by atoms with Crippen molar-refractivity contribution in [1.82, 2.24) is 14.9 Å². The van der Waals surface area contributed by atoms with Gasteiger partial charge in [-0.1, -0.05) is 17.7 Å². The van der Waals surface area contributed by atoms with E-state index in [0.29, 0.717) is 6.61 Å². The Morgan fingerprint density at radius 3 is 2.45 bits per heavy atom. The average molecular weight is 467 g/mol. The first-order chi connectivity index (χ1) is 15.9. The van der Waals surface area contributed by atoms with Gasteiger partial charge in [-0.05, 0) is 81.0 Å². The van der Waals surface area contributed by atoms with Crippen LogP contribution in [0.1, 0.15) is 36.0 Å². The standard InChI is InChI=1S/C26H31ClN4O2/c1-16-10-17(2)12-21(11-16)31-24-14-22(27)18(3)13-23(24)29-26(31)30-7-4-19(5-8-30)25(32)28-20-6-9-33-15-20/h10-14,19-20H,4-9,15H2,1-3H3,(H,28,32)/t20-/m0/s1. The highest BCUT2D eigenvalue weighted by Crippen LogP contribution is 2.33. The number of aromatic nitrogens is 2. The first-order valence-corrected chi connectivity index (χ1v) is 12.2. The maximum absolute atomic E-state index is 12.8. The minimum absolute atomic E-state index is 0.0394. The number of nitrogens with zero attached hydrogens (tertiary/aromatic N) is 3. The molecule has 1 atom stereocenters. The Morgan fingerprint density at radius 2 is 1.79 bits per heavy atom. The molecule has 2 aliphatic rings. The molecule has 1 N–H and O–H groups in total. The molecule has 3 heterocycles. The number of halogens is 1. The Bertz CT molecular complexity index is 1170. The van der Waals surface area contributed by atoms with Gasteiger partial charge in [0.25, 0.3) is 0 Å². The van der Waals surface area contributed by atoms with Crippen LogP contribution in [0.2, 0.25) is 5.02 Å². The van der Waals surface area contributed by atoms with Crippen LogP contribution in [-0.2, 0) is 9.53 Å². The van der Waals surface area contributed by atoms with Crippen LogP contribution in [0.15, 0.2) is 30.3 Å². The SMILES string of the molecule is Cc1cc(C)cc(-n2c(N3CCC(C(=O)N[C@H]4CCOC4)CC3)nc3cc(C)c(Cl)cc32)c1. The molecular weight excluding hydrogens is 436 g/mol. The molecule has 0 spiro atoms. The van der Waals surface area contributed by atoms with Crippen LogP contribution in [0.4, 0.5) is 5.95 Å². The predicted molar refractivity (Wildman–Crippen MR) is 133 cm³/mol. The lowest BCUT2D eigenvalue weighted by molar-refractivity contribution is -0.126. The number of hydrogen-bond donors (Lipinski definition) is 1. The maximum atomic E-state index is 12.8. The van der Waals surface area contributed by atoms with Crippen molar-refractivity contribution in [3.8, 4) is 5.69 Å². The van der Waals surface area contributed by atoms with Crippen molar-refractivity contribution in [3.05, 3.63) is 52.0 Å². The van der Waals surface area contributed by atoms with Gasteiger partial charge in [0.05, 0.1) is 23.7 Å². The number of carbonyl (C=O) groups excluding carboxylic acids is 1. The number of amides is 1. The van der Waals surface area contributed by atoms with Crippen molar-refractivity contribution in [1.29, 1.82) is 0 Å². The Morgan fingerprint density at radius 1 is 1.06 bits per heavy atom. The highest BCUT2D eigenvalue weighted by Gasteiger charge is 2.30. The van der Waals surface area contributed by atoms with Gasteiger partial charge >= 0.3 is 0 Å². The monoisotopic (exact) mass is 466 g/mol. The van der Waals surface area contributed by atoms with E-state index in [1.807, 2.05) is 13.0 Å². The number of hydrogen-bond acceptors (Lipinski definition) is 4. The zero-order valence-corrected chi connectivity index (χ0v) is 20.3. The summed E-state index contributed by atoms with van der Waals surface area (Å²) in [4.78, 5) is 20.1. The zero-order chi connectivity index (χ0) is 23.1. The van der Waals surface area contributed by atoms with Gasteiger partial charge in [-0.3, -0.25) is 9.36 Å². The van der Waals surface area contributed by atoms with E-state index in [0.717, 1.165) is 72.2 Å². The van der Waals surface area contributed by atoms with Crippen LogP contribution in [0.25, 0.3) is 16.7 Å². The number of fused-ring (bicyclic) bond motifs is 1. The maximum Gasteiger partial charge on any atom is 0.223 e.